The van der Waals surface area contributed by atoms with E-state index in [1.807, 2.05) is 6.92 Å². The van der Waals surface area contributed by atoms with Gasteiger partial charge < -0.3 is 10.6 Å². The first-order chi connectivity index (χ1) is 7.95. The third-order valence-electron chi connectivity index (χ3n) is 2.49. The maximum absolute atomic E-state index is 13.5. The number of carbonyl (C=O) groups excluding carboxylic acids is 1. The molecule has 0 aliphatic rings. The molecule has 0 aromatic heterocycles. The summed E-state index contributed by atoms with van der Waals surface area (Å²) < 4.78 is 14.2. The highest BCUT2D eigenvalue weighted by Crippen LogP contribution is 2.17. The second kappa shape index (κ2) is 6.12. The Bertz CT molecular complexity index is 411. The van der Waals surface area contributed by atoms with Crippen LogP contribution in [0, 0.1) is 11.7 Å². The first-order valence-corrected chi connectivity index (χ1v) is 6.15. The number of nitrogens with two attached hydrogens (primary N) is 1. The van der Waals surface area contributed by atoms with E-state index < -0.39 is 5.82 Å². The third kappa shape index (κ3) is 3.78. The minimum Gasteiger partial charge on any atom is -0.341 e. The molecule has 0 saturated heterocycles. The molecule has 1 aromatic carbocycles. The van der Waals surface area contributed by atoms with Gasteiger partial charge in [0.25, 0.3) is 5.91 Å². The van der Waals surface area contributed by atoms with E-state index in [9.17, 15) is 9.18 Å². The Morgan fingerprint density at radius 3 is 2.82 bits per heavy atom. The zero-order valence-electron chi connectivity index (χ0n) is 9.91. The molecule has 1 atom stereocenters. The summed E-state index contributed by atoms with van der Waals surface area (Å²) in [6.07, 6.45) is 0. The van der Waals surface area contributed by atoms with E-state index in [-0.39, 0.29) is 17.4 Å². The number of benzene rings is 1. The van der Waals surface area contributed by atoms with E-state index in [2.05, 4.69) is 15.9 Å². The molecule has 0 spiro atoms. The van der Waals surface area contributed by atoms with Crippen LogP contribution in [0.15, 0.2) is 22.7 Å². The average molecular weight is 303 g/mol. The lowest BCUT2D eigenvalue weighted by Crippen LogP contribution is -2.33. The van der Waals surface area contributed by atoms with Crippen LogP contribution in [0.2, 0.25) is 0 Å². The molecule has 0 heterocycles. The molecule has 0 aliphatic heterocycles. The van der Waals surface area contributed by atoms with Gasteiger partial charge in [-0.1, -0.05) is 22.9 Å². The predicted octanol–water partition coefficient (Wildman–Crippen LogP) is 2.25. The minimum absolute atomic E-state index is 0.0751. The van der Waals surface area contributed by atoms with Gasteiger partial charge >= 0.3 is 0 Å². The molecule has 94 valence electrons. The average Bonchev–Trinajstić information content (AvgIpc) is 2.31. The lowest BCUT2D eigenvalue weighted by molar-refractivity contribution is 0.0772. The van der Waals surface area contributed by atoms with Gasteiger partial charge in [0.1, 0.15) is 5.82 Å². The second-order valence-corrected chi connectivity index (χ2v) is 5.07. The Balaban J connectivity index is 2.85. The fourth-order valence-electron chi connectivity index (χ4n) is 1.49. The van der Waals surface area contributed by atoms with Crippen LogP contribution in [0.25, 0.3) is 0 Å². The van der Waals surface area contributed by atoms with Gasteiger partial charge in [-0.05, 0) is 30.7 Å². The van der Waals surface area contributed by atoms with Gasteiger partial charge in [-0.3, -0.25) is 4.79 Å². The molecule has 0 aliphatic carbocycles. The highest BCUT2D eigenvalue weighted by molar-refractivity contribution is 9.10. The zero-order valence-corrected chi connectivity index (χ0v) is 11.5. The zero-order chi connectivity index (χ0) is 13.0. The normalized spacial score (nSPS) is 12.3. The second-order valence-electron chi connectivity index (χ2n) is 4.15. The molecule has 0 bridgehead atoms. The van der Waals surface area contributed by atoms with Crippen LogP contribution in [0.1, 0.15) is 17.3 Å². The predicted molar refractivity (Wildman–Crippen MR) is 69.3 cm³/mol. The van der Waals surface area contributed by atoms with Crippen molar-refractivity contribution in [3.8, 4) is 0 Å². The largest absolute Gasteiger partial charge is 0.341 e. The van der Waals surface area contributed by atoms with Gasteiger partial charge in [0.05, 0.1) is 5.56 Å². The molecule has 0 radical (unpaired) electrons. The van der Waals surface area contributed by atoms with Crippen molar-refractivity contribution in [3.63, 3.8) is 0 Å². The monoisotopic (exact) mass is 302 g/mol. The molecule has 3 nitrogen and oxygen atoms in total. The van der Waals surface area contributed by atoms with E-state index >= 15 is 0 Å². The summed E-state index contributed by atoms with van der Waals surface area (Å²) in [5, 5.41) is 0. The summed E-state index contributed by atoms with van der Waals surface area (Å²) in [5.74, 6) is -0.645. The van der Waals surface area contributed by atoms with Crippen LogP contribution < -0.4 is 5.73 Å². The Morgan fingerprint density at radius 2 is 2.24 bits per heavy atom. The number of hydrogen-bond acceptors (Lipinski definition) is 2. The minimum atomic E-state index is -0.509. The van der Waals surface area contributed by atoms with Crippen molar-refractivity contribution in [3.05, 3.63) is 34.1 Å². The van der Waals surface area contributed by atoms with Gasteiger partial charge in [-0.2, -0.15) is 0 Å². The molecule has 0 fully saturated rings. The van der Waals surface area contributed by atoms with E-state index in [1.165, 1.54) is 17.0 Å². The molecule has 2 N–H and O–H groups in total. The number of nitrogens with zero attached hydrogens (tertiary/aromatic N) is 1. The molecule has 17 heavy (non-hydrogen) atoms. The van der Waals surface area contributed by atoms with Crippen molar-refractivity contribution in [1.29, 1.82) is 0 Å². The van der Waals surface area contributed by atoms with E-state index in [1.54, 1.807) is 13.1 Å². The van der Waals surface area contributed by atoms with Crippen LogP contribution in [0.4, 0.5) is 4.39 Å². The lowest BCUT2D eigenvalue weighted by atomic mass is 10.1. The third-order valence-corrected chi connectivity index (χ3v) is 2.99. The van der Waals surface area contributed by atoms with E-state index in [0.717, 1.165) is 0 Å². The number of rotatable bonds is 4. The van der Waals surface area contributed by atoms with Crippen LogP contribution in [-0.4, -0.2) is 30.9 Å². The fourth-order valence-corrected chi connectivity index (χ4v) is 1.85. The maximum Gasteiger partial charge on any atom is 0.256 e. The molecular formula is C12H16BrFN2O. The molecule has 1 aromatic rings. The summed E-state index contributed by atoms with van der Waals surface area (Å²) in [7, 11) is 1.65. The fraction of sp³-hybridized carbons (Fsp3) is 0.417. The molecule has 0 saturated carbocycles. The summed E-state index contributed by atoms with van der Waals surface area (Å²) in [4.78, 5) is 13.5. The maximum atomic E-state index is 13.5. The number of hydrogen-bond donors (Lipinski definition) is 1. The summed E-state index contributed by atoms with van der Waals surface area (Å²) in [6, 6.07) is 4.33. The Kier molecular flexibility index (Phi) is 5.08. The van der Waals surface area contributed by atoms with Crippen LogP contribution >= 0.6 is 15.9 Å². The highest BCUT2D eigenvalue weighted by atomic mass is 79.9. The van der Waals surface area contributed by atoms with Gasteiger partial charge in [0.15, 0.2) is 0 Å². The summed E-state index contributed by atoms with van der Waals surface area (Å²) in [5.41, 5.74) is 5.57. The Labute approximate surface area is 109 Å². The summed E-state index contributed by atoms with van der Waals surface area (Å²) in [6.45, 7) is 2.96. The Hall–Kier alpha value is -0.940. The van der Waals surface area contributed by atoms with Crippen LogP contribution in [-0.2, 0) is 0 Å². The number of amides is 1. The molecule has 1 amide bonds. The highest BCUT2D eigenvalue weighted by Gasteiger charge is 2.17. The van der Waals surface area contributed by atoms with Crippen molar-refractivity contribution in [2.45, 2.75) is 6.92 Å². The van der Waals surface area contributed by atoms with Gasteiger partial charge in [-0.25, -0.2) is 4.39 Å². The van der Waals surface area contributed by atoms with Gasteiger partial charge in [0.2, 0.25) is 0 Å². The van der Waals surface area contributed by atoms with Crippen LogP contribution in [0.3, 0.4) is 0 Å². The van der Waals surface area contributed by atoms with Crippen molar-refractivity contribution in [1.82, 2.24) is 4.90 Å². The number of carbonyl (C=O) groups is 1. The standard InChI is InChI=1S/C12H16BrFN2O/c1-8(6-15)7-16(2)12(17)10-5-9(13)3-4-11(10)14/h3-5,8H,6-7,15H2,1-2H3. The van der Waals surface area contributed by atoms with E-state index in [4.69, 9.17) is 5.73 Å². The van der Waals surface area contributed by atoms with Crippen molar-refractivity contribution in [2.24, 2.45) is 11.7 Å². The quantitative estimate of drug-likeness (QED) is 0.927. The molecular weight excluding hydrogens is 287 g/mol. The van der Waals surface area contributed by atoms with Crippen molar-refractivity contribution >= 4 is 21.8 Å². The molecule has 1 rings (SSSR count). The van der Waals surface area contributed by atoms with E-state index in [0.29, 0.717) is 17.6 Å². The Morgan fingerprint density at radius 1 is 1.59 bits per heavy atom. The summed E-state index contributed by atoms with van der Waals surface area (Å²) >= 11 is 3.22. The first-order valence-electron chi connectivity index (χ1n) is 5.36. The van der Waals surface area contributed by atoms with Gasteiger partial charge in [-0.15, -0.1) is 0 Å². The van der Waals surface area contributed by atoms with Crippen molar-refractivity contribution in [2.75, 3.05) is 20.1 Å². The lowest BCUT2D eigenvalue weighted by Gasteiger charge is -2.21. The molecule has 5 heteroatoms. The topological polar surface area (TPSA) is 46.3 Å². The smallest absolute Gasteiger partial charge is 0.256 e. The SMILES string of the molecule is CC(CN)CN(C)C(=O)c1cc(Br)ccc1F. The van der Waals surface area contributed by atoms with Crippen LogP contribution in [0.5, 0.6) is 0 Å². The van der Waals surface area contributed by atoms with Gasteiger partial charge in [0, 0.05) is 18.1 Å². The first kappa shape index (κ1) is 14.1. The molecule has 1 unspecified atom stereocenters. The number of halogens is 2. The van der Waals surface area contributed by atoms with Crippen molar-refractivity contribution < 1.29 is 9.18 Å².